The predicted molar refractivity (Wildman–Crippen MR) is 172 cm³/mol. The van der Waals surface area contributed by atoms with Gasteiger partial charge in [-0.05, 0) is 62.7 Å². The number of hydrogen-bond donors (Lipinski definition) is 0. The van der Waals surface area contributed by atoms with Gasteiger partial charge in [-0.25, -0.2) is 9.79 Å². The zero-order valence-corrected chi connectivity index (χ0v) is 26.9. The number of para-hydroxylation sites is 1. The molecule has 4 aromatic rings. The second-order valence-electron chi connectivity index (χ2n) is 9.71. The third-order valence-electron chi connectivity index (χ3n) is 6.91. The number of halogens is 2. The molecule has 0 spiro atoms. The number of aromatic nitrogens is 1. The van der Waals surface area contributed by atoms with Gasteiger partial charge in [-0.2, -0.15) is 0 Å². The molecule has 8 nitrogen and oxygen atoms in total. The van der Waals surface area contributed by atoms with E-state index in [1.807, 2.05) is 43.3 Å². The van der Waals surface area contributed by atoms with Crippen molar-refractivity contribution in [1.82, 2.24) is 4.57 Å². The molecule has 0 N–H and O–H groups in total. The van der Waals surface area contributed by atoms with E-state index in [0.717, 1.165) is 11.1 Å². The molecule has 44 heavy (non-hydrogen) atoms. The average Bonchev–Trinajstić information content (AvgIpc) is 3.30. The molecule has 3 aromatic carbocycles. The lowest BCUT2D eigenvalue weighted by molar-refractivity contribution is -0.139. The van der Waals surface area contributed by atoms with Crippen molar-refractivity contribution in [2.24, 2.45) is 4.99 Å². The molecule has 1 atom stereocenters. The number of nitrogens with zero attached hydrogens (tertiary/aromatic N) is 2. The Balaban J connectivity index is 1.57. The molecule has 5 rings (SSSR count). The molecule has 0 bridgehead atoms. The summed E-state index contributed by atoms with van der Waals surface area (Å²) in [6, 6.07) is 17.2. The maximum Gasteiger partial charge on any atom is 0.338 e. The number of ether oxygens (including phenoxy) is 4. The molecule has 0 saturated heterocycles. The topological polar surface area (TPSA) is 88.4 Å². The van der Waals surface area contributed by atoms with E-state index in [0.29, 0.717) is 54.5 Å². The Labute approximate surface area is 268 Å². The summed E-state index contributed by atoms with van der Waals surface area (Å²) in [7, 11) is 1.55. The van der Waals surface area contributed by atoms with Crippen molar-refractivity contribution >= 4 is 46.6 Å². The Morgan fingerprint density at radius 2 is 1.80 bits per heavy atom. The molecule has 1 aromatic heterocycles. The SMILES string of the molecule is CCOC(=O)C1=C(C)N=c2s/c(=C/c3ccc(OCc4ccc(Cl)cc4Cl)c(OCC)c3)c(=O)n2[C@H]1c1ccccc1OC. The number of methoxy groups -OCH3 is 1. The van der Waals surface area contributed by atoms with E-state index in [9.17, 15) is 9.59 Å². The Hall–Kier alpha value is -4.05. The molecule has 0 saturated carbocycles. The van der Waals surface area contributed by atoms with Gasteiger partial charge in [-0.1, -0.05) is 64.9 Å². The maximum absolute atomic E-state index is 14.0. The summed E-state index contributed by atoms with van der Waals surface area (Å²) >= 11 is 13.6. The van der Waals surface area contributed by atoms with Gasteiger partial charge in [0.1, 0.15) is 18.4 Å². The Bertz CT molecular complexity index is 1930. The normalized spacial score (nSPS) is 14.6. The molecule has 0 fully saturated rings. The fourth-order valence-electron chi connectivity index (χ4n) is 4.93. The smallest absolute Gasteiger partial charge is 0.338 e. The van der Waals surface area contributed by atoms with Crippen molar-refractivity contribution in [1.29, 1.82) is 0 Å². The summed E-state index contributed by atoms with van der Waals surface area (Å²) in [6.45, 7) is 6.19. The van der Waals surface area contributed by atoms with E-state index < -0.39 is 12.0 Å². The molecule has 228 valence electrons. The maximum atomic E-state index is 14.0. The third kappa shape index (κ3) is 6.40. The number of hydrogen-bond acceptors (Lipinski definition) is 8. The lowest BCUT2D eigenvalue weighted by atomic mass is 9.95. The van der Waals surface area contributed by atoms with Crippen LogP contribution >= 0.6 is 34.5 Å². The van der Waals surface area contributed by atoms with Crippen LogP contribution in [0.5, 0.6) is 17.2 Å². The predicted octanol–water partition coefficient (Wildman–Crippen LogP) is 6.09. The Morgan fingerprint density at radius 3 is 2.52 bits per heavy atom. The molecule has 0 radical (unpaired) electrons. The van der Waals surface area contributed by atoms with E-state index in [4.69, 9.17) is 42.1 Å². The molecule has 11 heteroatoms. The van der Waals surface area contributed by atoms with Gasteiger partial charge in [-0.15, -0.1) is 0 Å². The number of carbonyl (C=O) groups is 1. The highest BCUT2D eigenvalue weighted by Crippen LogP contribution is 2.36. The first kappa shape index (κ1) is 31.4. The van der Waals surface area contributed by atoms with Crippen molar-refractivity contribution in [2.45, 2.75) is 33.4 Å². The fraction of sp³-hybridized carbons (Fsp3) is 0.242. The first-order chi connectivity index (χ1) is 21.2. The second-order valence-corrected chi connectivity index (χ2v) is 11.6. The van der Waals surface area contributed by atoms with Crippen LogP contribution in [0.1, 0.15) is 43.5 Å². The molecule has 2 heterocycles. The van der Waals surface area contributed by atoms with Crippen LogP contribution in [0.15, 0.2) is 81.7 Å². The van der Waals surface area contributed by atoms with Crippen LogP contribution in [0, 0.1) is 0 Å². The molecule has 1 aliphatic heterocycles. The zero-order valence-electron chi connectivity index (χ0n) is 24.6. The standard InChI is InChI=1S/C33H30Cl2N2O6S/c1-5-41-27-15-20(11-14-26(27)43-18-21-12-13-22(34)17-24(21)35)16-28-31(38)37-30(23-9-7-8-10-25(23)40-4)29(32(39)42-6-2)19(3)36-33(37)44-28/h7-17,30H,5-6,18H2,1-4H3/b28-16+/t30-/m0/s1. The molecule has 1 aliphatic rings. The minimum absolute atomic E-state index is 0.188. The van der Waals surface area contributed by atoms with E-state index in [-0.39, 0.29) is 24.3 Å². The number of rotatable bonds is 10. The van der Waals surface area contributed by atoms with E-state index in [1.165, 1.54) is 15.9 Å². The monoisotopic (exact) mass is 652 g/mol. The van der Waals surface area contributed by atoms with E-state index in [2.05, 4.69) is 4.99 Å². The van der Waals surface area contributed by atoms with E-state index in [1.54, 1.807) is 51.3 Å². The number of carbonyl (C=O) groups excluding carboxylic acids is 1. The van der Waals surface area contributed by atoms with Gasteiger partial charge < -0.3 is 18.9 Å². The van der Waals surface area contributed by atoms with E-state index >= 15 is 0 Å². The fourth-order valence-corrected chi connectivity index (χ4v) is 6.44. The number of thiazole rings is 1. The molecular formula is C33H30Cl2N2O6S. The summed E-state index contributed by atoms with van der Waals surface area (Å²) in [4.78, 5) is 32.3. The molecule has 0 amide bonds. The first-order valence-corrected chi connectivity index (χ1v) is 15.5. The molecular weight excluding hydrogens is 623 g/mol. The molecule has 0 aliphatic carbocycles. The van der Waals surface area contributed by atoms with Crippen molar-refractivity contribution in [3.63, 3.8) is 0 Å². The van der Waals surface area contributed by atoms with Gasteiger partial charge in [0.05, 0.1) is 36.1 Å². The number of benzene rings is 3. The largest absolute Gasteiger partial charge is 0.496 e. The van der Waals surface area contributed by atoms with Gasteiger partial charge in [0.2, 0.25) is 0 Å². The second kappa shape index (κ2) is 13.7. The highest BCUT2D eigenvalue weighted by Gasteiger charge is 2.35. The Morgan fingerprint density at radius 1 is 1.00 bits per heavy atom. The number of esters is 1. The lowest BCUT2D eigenvalue weighted by Gasteiger charge is -2.25. The highest BCUT2D eigenvalue weighted by atomic mass is 35.5. The van der Waals surface area contributed by atoms with Crippen LogP contribution in [-0.4, -0.2) is 30.9 Å². The van der Waals surface area contributed by atoms with Gasteiger partial charge in [0, 0.05) is 21.2 Å². The summed E-state index contributed by atoms with van der Waals surface area (Å²) in [5.74, 6) is 1.06. The minimum atomic E-state index is -0.780. The van der Waals surface area contributed by atoms with Gasteiger partial charge >= 0.3 is 5.97 Å². The quantitative estimate of drug-likeness (QED) is 0.193. The highest BCUT2D eigenvalue weighted by molar-refractivity contribution is 7.07. The van der Waals surface area contributed by atoms with Gasteiger partial charge in [0.15, 0.2) is 16.3 Å². The number of allylic oxidation sites excluding steroid dienone is 1. The first-order valence-electron chi connectivity index (χ1n) is 13.9. The van der Waals surface area contributed by atoms with Crippen LogP contribution in [0.3, 0.4) is 0 Å². The van der Waals surface area contributed by atoms with Crippen LogP contribution in [0.4, 0.5) is 0 Å². The van der Waals surface area contributed by atoms with Crippen LogP contribution in [0.25, 0.3) is 6.08 Å². The summed E-state index contributed by atoms with van der Waals surface area (Å²) in [5.41, 5.74) is 2.64. The van der Waals surface area contributed by atoms with Crippen molar-refractivity contribution in [2.75, 3.05) is 20.3 Å². The zero-order chi connectivity index (χ0) is 31.4. The third-order valence-corrected chi connectivity index (χ3v) is 8.48. The Kier molecular flexibility index (Phi) is 9.78. The van der Waals surface area contributed by atoms with Crippen LogP contribution in [0.2, 0.25) is 10.0 Å². The van der Waals surface area contributed by atoms with Crippen molar-refractivity contribution in [3.05, 3.63) is 118 Å². The van der Waals surface area contributed by atoms with Gasteiger partial charge in [0.25, 0.3) is 5.56 Å². The van der Waals surface area contributed by atoms with Crippen molar-refractivity contribution in [3.8, 4) is 17.2 Å². The van der Waals surface area contributed by atoms with Crippen LogP contribution < -0.4 is 29.1 Å². The summed E-state index contributed by atoms with van der Waals surface area (Å²) < 4.78 is 24.9. The number of fused-ring (bicyclic) bond motifs is 1. The van der Waals surface area contributed by atoms with Crippen molar-refractivity contribution < 1.29 is 23.7 Å². The van der Waals surface area contributed by atoms with Gasteiger partial charge in [-0.3, -0.25) is 9.36 Å². The summed E-state index contributed by atoms with van der Waals surface area (Å²) in [6.07, 6.45) is 1.77. The van der Waals surface area contributed by atoms with Crippen LogP contribution in [-0.2, 0) is 16.1 Å². The minimum Gasteiger partial charge on any atom is -0.496 e. The average molecular weight is 654 g/mol. The lowest BCUT2D eigenvalue weighted by Crippen LogP contribution is -2.40. The molecule has 0 unspecified atom stereocenters. The summed E-state index contributed by atoms with van der Waals surface area (Å²) in [5, 5.41) is 1.06.